The number of nitrogens with two attached hydrogens (primary N) is 1. The Labute approximate surface area is 105 Å². The Bertz CT molecular complexity index is 429. The molecule has 1 aliphatic heterocycles. The Morgan fingerprint density at radius 2 is 2.11 bits per heavy atom. The lowest BCUT2D eigenvalue weighted by Gasteiger charge is -2.19. The molecule has 2 rings (SSSR count). The number of fused-ring (bicyclic) bond motifs is 1. The summed E-state index contributed by atoms with van der Waals surface area (Å²) in [6.45, 7) is 3.34. The fourth-order valence-electron chi connectivity index (χ4n) is 2.74. The lowest BCUT2D eigenvalue weighted by Crippen LogP contribution is -2.29. The SMILES string of the molecule is Cc1cccc2c1C(CC(F)(F)F)CN2CCN. The number of benzene rings is 1. The first-order chi connectivity index (χ1) is 8.42. The second-order valence-electron chi connectivity index (χ2n) is 4.76. The minimum absolute atomic E-state index is 0.414. The third kappa shape index (κ3) is 2.61. The van der Waals surface area contributed by atoms with Crippen molar-refractivity contribution in [1.29, 1.82) is 0 Å². The number of nitrogens with zero attached hydrogens (tertiary/aromatic N) is 1. The number of rotatable bonds is 3. The zero-order valence-electron chi connectivity index (χ0n) is 10.3. The topological polar surface area (TPSA) is 29.3 Å². The Kier molecular flexibility index (Phi) is 3.52. The van der Waals surface area contributed by atoms with Gasteiger partial charge in [0.05, 0.1) is 6.42 Å². The highest BCUT2D eigenvalue weighted by atomic mass is 19.4. The predicted octanol–water partition coefficient (Wildman–Crippen LogP) is 2.81. The number of halogens is 3. The maximum Gasteiger partial charge on any atom is 0.389 e. The van der Waals surface area contributed by atoms with Gasteiger partial charge in [-0.05, 0) is 24.1 Å². The van der Waals surface area contributed by atoms with E-state index in [0.29, 0.717) is 19.6 Å². The molecule has 1 unspecified atom stereocenters. The van der Waals surface area contributed by atoms with Crippen LogP contribution in [0.15, 0.2) is 18.2 Å². The van der Waals surface area contributed by atoms with Crippen LogP contribution < -0.4 is 10.6 Å². The van der Waals surface area contributed by atoms with E-state index >= 15 is 0 Å². The second kappa shape index (κ2) is 4.80. The van der Waals surface area contributed by atoms with Gasteiger partial charge in [-0.25, -0.2) is 0 Å². The highest BCUT2D eigenvalue weighted by Crippen LogP contribution is 2.43. The molecule has 0 saturated carbocycles. The van der Waals surface area contributed by atoms with E-state index in [1.165, 1.54) is 0 Å². The molecule has 0 bridgehead atoms. The fourth-order valence-corrected chi connectivity index (χ4v) is 2.74. The molecule has 100 valence electrons. The van der Waals surface area contributed by atoms with Crippen LogP contribution in [0, 0.1) is 6.92 Å². The van der Waals surface area contributed by atoms with Crippen molar-refractivity contribution in [2.45, 2.75) is 25.4 Å². The van der Waals surface area contributed by atoms with E-state index < -0.39 is 18.5 Å². The minimum Gasteiger partial charge on any atom is -0.369 e. The summed E-state index contributed by atoms with van der Waals surface area (Å²) in [5.74, 6) is -0.465. The maximum atomic E-state index is 12.6. The molecule has 1 atom stereocenters. The molecule has 0 aliphatic carbocycles. The van der Waals surface area contributed by atoms with Crippen molar-refractivity contribution in [3.63, 3.8) is 0 Å². The van der Waals surface area contributed by atoms with Gasteiger partial charge in [-0.1, -0.05) is 12.1 Å². The zero-order chi connectivity index (χ0) is 13.3. The Balaban J connectivity index is 2.32. The molecule has 0 fully saturated rings. The molecule has 0 aromatic heterocycles. The van der Waals surface area contributed by atoms with E-state index in [1.54, 1.807) is 0 Å². The van der Waals surface area contributed by atoms with Crippen LogP contribution in [0.5, 0.6) is 0 Å². The highest BCUT2D eigenvalue weighted by molar-refractivity contribution is 5.63. The van der Waals surface area contributed by atoms with E-state index in [4.69, 9.17) is 5.73 Å². The minimum atomic E-state index is -4.12. The molecule has 1 aliphatic rings. The summed E-state index contributed by atoms with van der Waals surface area (Å²) in [6.07, 6.45) is -4.88. The van der Waals surface area contributed by atoms with Crippen molar-refractivity contribution in [2.75, 3.05) is 24.5 Å². The third-order valence-electron chi connectivity index (χ3n) is 3.37. The van der Waals surface area contributed by atoms with Gasteiger partial charge in [-0.15, -0.1) is 0 Å². The summed E-state index contributed by atoms with van der Waals surface area (Å²) in [7, 11) is 0. The molecule has 0 saturated heterocycles. The molecule has 1 aromatic carbocycles. The molecular weight excluding hydrogens is 241 g/mol. The summed E-state index contributed by atoms with van der Waals surface area (Å²) in [4.78, 5) is 1.96. The molecule has 1 aromatic rings. The molecular formula is C13H17F3N2. The standard InChI is InChI=1S/C13H17F3N2/c1-9-3-2-4-11-12(9)10(7-13(14,15)16)8-18(11)6-5-17/h2-4,10H,5-8,17H2,1H3. The van der Waals surface area contributed by atoms with Crippen LogP contribution >= 0.6 is 0 Å². The normalized spacial score (nSPS) is 19.2. The van der Waals surface area contributed by atoms with Gasteiger partial charge in [0.15, 0.2) is 0 Å². The molecule has 18 heavy (non-hydrogen) atoms. The van der Waals surface area contributed by atoms with Crippen LogP contribution in [-0.2, 0) is 0 Å². The van der Waals surface area contributed by atoms with Gasteiger partial charge in [0.25, 0.3) is 0 Å². The van der Waals surface area contributed by atoms with Crippen LogP contribution in [0.1, 0.15) is 23.5 Å². The third-order valence-corrected chi connectivity index (χ3v) is 3.37. The Morgan fingerprint density at radius 1 is 1.39 bits per heavy atom. The summed E-state index contributed by atoms with van der Waals surface area (Å²) < 4.78 is 37.8. The number of anilines is 1. The molecule has 0 spiro atoms. The number of aryl methyl sites for hydroxylation is 1. The summed E-state index contributed by atoms with van der Waals surface area (Å²) in [6, 6.07) is 5.64. The zero-order valence-corrected chi connectivity index (χ0v) is 10.3. The van der Waals surface area contributed by atoms with Crippen molar-refractivity contribution in [3.05, 3.63) is 29.3 Å². The Morgan fingerprint density at radius 3 is 2.72 bits per heavy atom. The van der Waals surface area contributed by atoms with E-state index in [0.717, 1.165) is 16.8 Å². The van der Waals surface area contributed by atoms with Crippen molar-refractivity contribution in [2.24, 2.45) is 5.73 Å². The monoisotopic (exact) mass is 258 g/mol. The first kappa shape index (κ1) is 13.2. The summed E-state index contributed by atoms with van der Waals surface area (Å²) >= 11 is 0. The van der Waals surface area contributed by atoms with Crippen molar-refractivity contribution >= 4 is 5.69 Å². The largest absolute Gasteiger partial charge is 0.389 e. The van der Waals surface area contributed by atoms with Gasteiger partial charge in [-0.3, -0.25) is 0 Å². The van der Waals surface area contributed by atoms with Gasteiger partial charge in [0.1, 0.15) is 0 Å². The molecule has 0 radical (unpaired) electrons. The molecule has 1 heterocycles. The van der Waals surface area contributed by atoms with Gasteiger partial charge in [0, 0.05) is 31.2 Å². The number of hydrogen-bond acceptors (Lipinski definition) is 2. The Hall–Kier alpha value is -1.23. The van der Waals surface area contributed by atoms with Crippen molar-refractivity contribution in [3.8, 4) is 0 Å². The molecule has 2 N–H and O–H groups in total. The first-order valence-corrected chi connectivity index (χ1v) is 6.03. The van der Waals surface area contributed by atoms with E-state index in [2.05, 4.69) is 0 Å². The van der Waals surface area contributed by atoms with Crippen LogP contribution in [0.2, 0.25) is 0 Å². The van der Waals surface area contributed by atoms with Gasteiger partial charge in [0.2, 0.25) is 0 Å². The maximum absolute atomic E-state index is 12.6. The van der Waals surface area contributed by atoms with Crippen LogP contribution in [0.4, 0.5) is 18.9 Å². The van der Waals surface area contributed by atoms with E-state index in [9.17, 15) is 13.2 Å². The second-order valence-corrected chi connectivity index (χ2v) is 4.76. The average molecular weight is 258 g/mol. The summed E-state index contributed by atoms with van der Waals surface area (Å²) in [5.41, 5.74) is 8.19. The smallest absolute Gasteiger partial charge is 0.369 e. The van der Waals surface area contributed by atoms with Crippen LogP contribution in [0.3, 0.4) is 0 Å². The average Bonchev–Trinajstić information content (AvgIpc) is 2.56. The first-order valence-electron chi connectivity index (χ1n) is 6.03. The molecule has 0 amide bonds. The summed E-state index contributed by atoms with van der Waals surface area (Å²) in [5, 5.41) is 0. The van der Waals surface area contributed by atoms with E-state index in [-0.39, 0.29) is 0 Å². The van der Waals surface area contributed by atoms with Gasteiger partial charge in [-0.2, -0.15) is 13.2 Å². The highest BCUT2D eigenvalue weighted by Gasteiger charge is 2.38. The quantitative estimate of drug-likeness (QED) is 0.903. The lowest BCUT2D eigenvalue weighted by molar-refractivity contribution is -0.138. The number of hydrogen-bond donors (Lipinski definition) is 1. The van der Waals surface area contributed by atoms with E-state index in [1.807, 2.05) is 30.0 Å². The van der Waals surface area contributed by atoms with Crippen molar-refractivity contribution in [1.82, 2.24) is 0 Å². The van der Waals surface area contributed by atoms with Gasteiger partial charge < -0.3 is 10.6 Å². The number of alkyl halides is 3. The fraction of sp³-hybridized carbons (Fsp3) is 0.538. The van der Waals surface area contributed by atoms with Gasteiger partial charge >= 0.3 is 6.18 Å². The lowest BCUT2D eigenvalue weighted by atomic mass is 9.94. The predicted molar refractivity (Wildman–Crippen MR) is 65.9 cm³/mol. The molecule has 2 nitrogen and oxygen atoms in total. The van der Waals surface area contributed by atoms with Crippen LogP contribution in [0.25, 0.3) is 0 Å². The molecule has 5 heteroatoms. The van der Waals surface area contributed by atoms with Crippen LogP contribution in [-0.4, -0.2) is 25.8 Å². The van der Waals surface area contributed by atoms with Crippen molar-refractivity contribution < 1.29 is 13.2 Å².